The Labute approximate surface area is 122 Å². The molecule has 2 N–H and O–H groups in total. The topological polar surface area (TPSA) is 99.7 Å². The van der Waals surface area contributed by atoms with Crippen LogP contribution in [0.25, 0.3) is 0 Å². The highest BCUT2D eigenvalue weighted by Gasteiger charge is 2.20. The number of hydrogen-bond donors (Lipinski definition) is 2. The molecular formula is C14H17N2O5-. The Morgan fingerprint density at radius 2 is 2.05 bits per heavy atom. The van der Waals surface area contributed by atoms with Crippen molar-refractivity contribution in [2.45, 2.75) is 26.3 Å². The summed E-state index contributed by atoms with van der Waals surface area (Å²) in [5.41, 5.74) is 0.484. The van der Waals surface area contributed by atoms with Gasteiger partial charge in [0.15, 0.2) is 11.5 Å². The normalized spacial score (nSPS) is 15.1. The molecule has 0 saturated heterocycles. The molecular weight excluding hydrogens is 276 g/mol. The molecule has 0 radical (unpaired) electrons. The predicted octanol–water partition coefficient (Wildman–Crippen LogP) is 0.701. The molecule has 21 heavy (non-hydrogen) atoms. The van der Waals surface area contributed by atoms with E-state index in [0.717, 1.165) is 0 Å². The van der Waals surface area contributed by atoms with Gasteiger partial charge in [-0.1, -0.05) is 20.3 Å². The maximum absolute atomic E-state index is 11.9. The highest BCUT2D eigenvalue weighted by molar-refractivity contribution is 5.92. The summed E-state index contributed by atoms with van der Waals surface area (Å²) in [6.07, 6.45) is 0.614. The van der Waals surface area contributed by atoms with Crippen LogP contribution in [0.2, 0.25) is 0 Å². The van der Waals surface area contributed by atoms with Gasteiger partial charge in [0.1, 0.15) is 0 Å². The van der Waals surface area contributed by atoms with E-state index in [2.05, 4.69) is 10.6 Å². The summed E-state index contributed by atoms with van der Waals surface area (Å²) in [5, 5.41) is 16.0. The van der Waals surface area contributed by atoms with Crippen molar-refractivity contribution in [3.63, 3.8) is 0 Å². The van der Waals surface area contributed by atoms with Crippen LogP contribution in [0.5, 0.6) is 11.5 Å². The van der Waals surface area contributed by atoms with Crippen molar-refractivity contribution in [3.8, 4) is 11.5 Å². The molecule has 2 rings (SSSR count). The number of fused-ring (bicyclic) bond motifs is 1. The van der Waals surface area contributed by atoms with Gasteiger partial charge in [-0.15, -0.1) is 0 Å². The monoisotopic (exact) mass is 293 g/mol. The van der Waals surface area contributed by atoms with Crippen LogP contribution in [0.3, 0.4) is 0 Å². The van der Waals surface area contributed by atoms with Gasteiger partial charge in [-0.2, -0.15) is 0 Å². The molecule has 1 aliphatic heterocycles. The number of hydrogen-bond acceptors (Lipinski definition) is 5. The Morgan fingerprint density at radius 1 is 1.33 bits per heavy atom. The van der Waals surface area contributed by atoms with E-state index in [9.17, 15) is 14.7 Å². The molecule has 2 atom stereocenters. The number of urea groups is 1. The quantitative estimate of drug-likeness (QED) is 0.832. The van der Waals surface area contributed by atoms with Crippen LogP contribution in [-0.4, -0.2) is 24.8 Å². The first kappa shape index (κ1) is 15.0. The molecule has 1 aliphatic rings. The van der Waals surface area contributed by atoms with Gasteiger partial charge in [-0.3, -0.25) is 0 Å². The van der Waals surface area contributed by atoms with E-state index in [1.54, 1.807) is 25.1 Å². The fourth-order valence-corrected chi connectivity index (χ4v) is 1.95. The molecule has 0 spiro atoms. The lowest BCUT2D eigenvalue weighted by Crippen LogP contribution is -2.52. The molecule has 0 bridgehead atoms. The number of rotatable bonds is 5. The molecule has 0 aromatic heterocycles. The molecule has 1 aromatic carbocycles. The van der Waals surface area contributed by atoms with Crippen LogP contribution >= 0.6 is 0 Å². The minimum absolute atomic E-state index is 0.145. The zero-order valence-corrected chi connectivity index (χ0v) is 11.8. The number of carboxylic acids is 1. The second-order valence-electron chi connectivity index (χ2n) is 4.85. The lowest BCUT2D eigenvalue weighted by molar-refractivity contribution is -0.309. The number of nitrogens with one attached hydrogen (secondary N) is 2. The highest BCUT2D eigenvalue weighted by atomic mass is 16.7. The lowest BCUT2D eigenvalue weighted by atomic mass is 9.99. The molecule has 7 heteroatoms. The molecule has 114 valence electrons. The van der Waals surface area contributed by atoms with Crippen LogP contribution < -0.4 is 25.2 Å². The number of amides is 2. The average Bonchev–Trinajstić information content (AvgIpc) is 2.91. The van der Waals surface area contributed by atoms with Crippen LogP contribution in [0.4, 0.5) is 10.5 Å². The van der Waals surface area contributed by atoms with Crippen LogP contribution in [0.15, 0.2) is 18.2 Å². The van der Waals surface area contributed by atoms with Gasteiger partial charge in [0.2, 0.25) is 6.79 Å². The van der Waals surface area contributed by atoms with Gasteiger partial charge < -0.3 is 30.0 Å². The predicted molar refractivity (Wildman–Crippen MR) is 73.0 cm³/mol. The van der Waals surface area contributed by atoms with Crippen molar-refractivity contribution in [1.29, 1.82) is 0 Å². The minimum Gasteiger partial charge on any atom is -0.548 e. The summed E-state index contributed by atoms with van der Waals surface area (Å²) in [5.74, 6) is -0.387. The zero-order valence-electron chi connectivity index (χ0n) is 11.8. The van der Waals surface area contributed by atoms with E-state index in [-0.39, 0.29) is 12.7 Å². The van der Waals surface area contributed by atoms with E-state index >= 15 is 0 Å². The Hall–Kier alpha value is -2.44. The largest absolute Gasteiger partial charge is 0.548 e. The van der Waals surface area contributed by atoms with Gasteiger partial charge >= 0.3 is 6.03 Å². The number of benzene rings is 1. The summed E-state index contributed by atoms with van der Waals surface area (Å²) in [6.45, 7) is 3.73. The average molecular weight is 293 g/mol. The van der Waals surface area contributed by atoms with Crippen LogP contribution in [0, 0.1) is 5.92 Å². The number of anilines is 1. The summed E-state index contributed by atoms with van der Waals surface area (Å²) < 4.78 is 10.4. The van der Waals surface area contributed by atoms with E-state index in [0.29, 0.717) is 23.6 Å². The summed E-state index contributed by atoms with van der Waals surface area (Å²) in [7, 11) is 0. The molecule has 0 saturated carbocycles. The maximum Gasteiger partial charge on any atom is 0.319 e. The molecule has 7 nitrogen and oxygen atoms in total. The van der Waals surface area contributed by atoms with Gasteiger partial charge in [-0.05, 0) is 18.1 Å². The van der Waals surface area contributed by atoms with E-state index in [4.69, 9.17) is 9.47 Å². The van der Waals surface area contributed by atoms with Crippen molar-refractivity contribution in [2.24, 2.45) is 5.92 Å². The lowest BCUT2D eigenvalue weighted by Gasteiger charge is -2.25. The highest BCUT2D eigenvalue weighted by Crippen LogP contribution is 2.34. The molecule has 2 amide bonds. The molecule has 1 aromatic rings. The fourth-order valence-electron chi connectivity index (χ4n) is 1.95. The first-order valence-electron chi connectivity index (χ1n) is 6.69. The van der Waals surface area contributed by atoms with E-state index < -0.39 is 18.0 Å². The molecule has 0 unspecified atom stereocenters. The van der Waals surface area contributed by atoms with Crippen molar-refractivity contribution < 1.29 is 24.2 Å². The summed E-state index contributed by atoms with van der Waals surface area (Å²) in [6, 6.07) is 3.28. The number of aliphatic carboxylic acids is 1. The SMILES string of the molecule is CC[C@@H](C)[C@H](NC(=O)Nc1ccc2c(c1)OCO2)C(=O)[O-]. The second-order valence-corrected chi connectivity index (χ2v) is 4.85. The van der Waals surface area contributed by atoms with Crippen molar-refractivity contribution in [2.75, 3.05) is 12.1 Å². The third kappa shape index (κ3) is 3.56. The van der Waals surface area contributed by atoms with Crippen LogP contribution in [0.1, 0.15) is 20.3 Å². The minimum atomic E-state index is -1.30. The van der Waals surface area contributed by atoms with Gasteiger partial charge in [0, 0.05) is 11.8 Å². The molecule has 0 aliphatic carbocycles. The van der Waals surface area contributed by atoms with E-state index in [1.807, 2.05) is 6.92 Å². The standard InChI is InChI=1S/C14H18N2O5/c1-3-8(2)12(13(17)18)16-14(19)15-9-4-5-10-11(6-9)21-7-20-10/h4-6,8,12H,3,7H2,1-2H3,(H,17,18)(H2,15,16,19)/p-1/t8-,12+/m1/s1. The van der Waals surface area contributed by atoms with Crippen LogP contribution in [-0.2, 0) is 4.79 Å². The van der Waals surface area contributed by atoms with E-state index in [1.165, 1.54) is 0 Å². The second kappa shape index (κ2) is 6.34. The number of carbonyl (C=O) groups excluding carboxylic acids is 2. The first-order chi connectivity index (χ1) is 10.0. The number of carbonyl (C=O) groups is 2. The Kier molecular flexibility index (Phi) is 4.52. The summed E-state index contributed by atoms with van der Waals surface area (Å²) >= 11 is 0. The zero-order chi connectivity index (χ0) is 15.4. The molecule has 0 fully saturated rings. The Morgan fingerprint density at radius 3 is 2.71 bits per heavy atom. The number of ether oxygens (including phenoxy) is 2. The van der Waals surface area contributed by atoms with Crippen molar-refractivity contribution >= 4 is 17.7 Å². The smallest absolute Gasteiger partial charge is 0.319 e. The number of carboxylic acid groups (broad SMARTS) is 1. The third-order valence-electron chi connectivity index (χ3n) is 3.38. The van der Waals surface area contributed by atoms with Crippen molar-refractivity contribution in [3.05, 3.63) is 18.2 Å². The Balaban J connectivity index is 1.99. The summed E-state index contributed by atoms with van der Waals surface area (Å²) in [4.78, 5) is 22.9. The third-order valence-corrected chi connectivity index (χ3v) is 3.38. The van der Waals surface area contributed by atoms with Gasteiger partial charge in [0.05, 0.1) is 12.0 Å². The first-order valence-corrected chi connectivity index (χ1v) is 6.69. The van der Waals surface area contributed by atoms with Gasteiger partial charge in [-0.25, -0.2) is 4.79 Å². The van der Waals surface area contributed by atoms with Crippen molar-refractivity contribution in [1.82, 2.24) is 5.32 Å². The maximum atomic E-state index is 11.9. The van der Waals surface area contributed by atoms with Gasteiger partial charge in [0.25, 0.3) is 0 Å². The Bertz CT molecular complexity index is 546. The fraction of sp³-hybridized carbons (Fsp3) is 0.429. The molecule has 1 heterocycles.